The summed E-state index contributed by atoms with van der Waals surface area (Å²) in [5.41, 5.74) is 0.803. The van der Waals surface area contributed by atoms with Crippen LogP contribution in [0.2, 0.25) is 0 Å². The van der Waals surface area contributed by atoms with Gasteiger partial charge in [-0.25, -0.2) is 4.98 Å². The number of aliphatic imine (C=N–C) groups is 1. The van der Waals surface area contributed by atoms with Crippen LogP contribution in [0.5, 0.6) is 5.75 Å². The molecule has 72 valence electrons. The molecule has 1 heterocycles. The molecule has 5 heteroatoms. The predicted molar refractivity (Wildman–Crippen MR) is 55.5 cm³/mol. The zero-order valence-corrected chi connectivity index (χ0v) is 8.59. The van der Waals surface area contributed by atoms with E-state index in [1.165, 1.54) is 20.2 Å². The van der Waals surface area contributed by atoms with Crippen LogP contribution in [0.15, 0.2) is 17.3 Å². The Bertz CT molecular complexity index is 411. The predicted octanol–water partition coefficient (Wildman–Crippen LogP) is 2.03. The van der Waals surface area contributed by atoms with Gasteiger partial charge < -0.3 is 4.74 Å². The molecule has 0 atom stereocenters. The molecular weight excluding hydrogens is 200 g/mol. The first-order valence-electron chi connectivity index (χ1n) is 3.82. The average Bonchev–Trinajstić information content (AvgIpc) is 2.17. The summed E-state index contributed by atoms with van der Waals surface area (Å²) in [4.78, 5) is 18.7. The molecule has 0 unspecified atom stereocenters. The van der Waals surface area contributed by atoms with E-state index in [0.717, 1.165) is 0 Å². The molecule has 0 amide bonds. The van der Waals surface area contributed by atoms with Crippen LogP contribution in [0.3, 0.4) is 0 Å². The van der Waals surface area contributed by atoms with Crippen molar-refractivity contribution in [1.29, 1.82) is 0 Å². The van der Waals surface area contributed by atoms with Crippen molar-refractivity contribution in [2.45, 2.75) is 6.92 Å². The Labute approximate surface area is 86.6 Å². The van der Waals surface area contributed by atoms with Crippen molar-refractivity contribution in [2.24, 2.45) is 4.99 Å². The molecule has 0 saturated carbocycles. The third kappa shape index (κ3) is 2.22. The van der Waals surface area contributed by atoms with Gasteiger partial charge in [0.1, 0.15) is 11.4 Å². The summed E-state index contributed by atoms with van der Waals surface area (Å²) in [5.74, 6) is 0.240. The number of hydrogen-bond donors (Lipinski definition) is 0. The smallest absolute Gasteiger partial charge is 0.181 e. The molecule has 1 rings (SSSR count). The van der Waals surface area contributed by atoms with E-state index < -0.39 is 0 Å². The SMILES string of the molecule is COc1cc(N=C=S)cnc1C(C)=O. The maximum Gasteiger partial charge on any atom is 0.181 e. The van der Waals surface area contributed by atoms with E-state index in [-0.39, 0.29) is 11.5 Å². The zero-order valence-electron chi connectivity index (χ0n) is 7.77. The van der Waals surface area contributed by atoms with Crippen molar-refractivity contribution >= 4 is 28.8 Å². The van der Waals surface area contributed by atoms with Gasteiger partial charge in [-0.1, -0.05) is 0 Å². The first kappa shape index (κ1) is 10.5. The lowest BCUT2D eigenvalue weighted by Crippen LogP contribution is -2.00. The van der Waals surface area contributed by atoms with Crippen molar-refractivity contribution in [1.82, 2.24) is 4.98 Å². The van der Waals surface area contributed by atoms with Crippen molar-refractivity contribution < 1.29 is 9.53 Å². The molecule has 0 spiro atoms. The number of rotatable bonds is 3. The molecule has 1 aromatic heterocycles. The number of nitrogens with zero attached hydrogens (tertiary/aromatic N) is 2. The Balaban J connectivity index is 3.24. The van der Waals surface area contributed by atoms with E-state index in [4.69, 9.17) is 4.74 Å². The number of Topliss-reactive ketones (excluding diaryl/α,β-unsaturated/α-hetero) is 1. The second-order valence-electron chi connectivity index (χ2n) is 2.50. The van der Waals surface area contributed by atoms with Gasteiger partial charge in [-0.15, -0.1) is 0 Å². The number of pyridine rings is 1. The maximum absolute atomic E-state index is 11.1. The largest absolute Gasteiger partial charge is 0.494 e. The zero-order chi connectivity index (χ0) is 10.6. The summed E-state index contributed by atoms with van der Waals surface area (Å²) in [6.45, 7) is 1.42. The Kier molecular flexibility index (Phi) is 3.45. The minimum absolute atomic E-state index is 0.153. The normalized spacial score (nSPS) is 9.00. The summed E-state index contributed by atoms with van der Waals surface area (Å²) < 4.78 is 4.99. The number of carbonyl (C=O) groups excluding carboxylic acids is 1. The molecule has 0 saturated heterocycles. The van der Waals surface area contributed by atoms with Crippen LogP contribution in [-0.2, 0) is 0 Å². The molecule has 1 aromatic rings. The molecule has 0 bridgehead atoms. The highest BCUT2D eigenvalue weighted by atomic mass is 32.1. The van der Waals surface area contributed by atoms with Gasteiger partial charge in [-0.05, 0) is 12.2 Å². The minimum atomic E-state index is -0.153. The van der Waals surface area contributed by atoms with Gasteiger partial charge in [0.2, 0.25) is 0 Å². The van der Waals surface area contributed by atoms with Crippen LogP contribution in [0, 0.1) is 0 Å². The van der Waals surface area contributed by atoms with Gasteiger partial charge in [-0.3, -0.25) is 4.79 Å². The first-order chi connectivity index (χ1) is 6.69. The Morgan fingerprint density at radius 2 is 2.43 bits per heavy atom. The number of ether oxygens (including phenoxy) is 1. The number of isothiocyanates is 1. The lowest BCUT2D eigenvalue weighted by molar-refractivity contribution is 0.101. The summed E-state index contributed by atoms with van der Waals surface area (Å²) in [6, 6.07) is 1.59. The second-order valence-corrected chi connectivity index (χ2v) is 2.69. The first-order valence-corrected chi connectivity index (χ1v) is 4.22. The third-order valence-corrected chi connectivity index (χ3v) is 1.66. The number of hydrogen-bond acceptors (Lipinski definition) is 5. The number of methoxy groups -OCH3 is 1. The summed E-state index contributed by atoms with van der Waals surface area (Å²) in [5, 5.41) is 2.21. The van der Waals surface area contributed by atoms with Crippen LogP contribution in [-0.4, -0.2) is 23.0 Å². The lowest BCUT2D eigenvalue weighted by atomic mass is 10.2. The summed E-state index contributed by atoms with van der Waals surface area (Å²) >= 11 is 4.45. The van der Waals surface area contributed by atoms with Gasteiger partial charge in [0.15, 0.2) is 5.78 Å². The standard InChI is InChI=1S/C9H8N2O2S/c1-6(12)9-8(13-2)3-7(4-10-9)11-5-14/h3-4H,1-2H3. The Morgan fingerprint density at radius 1 is 1.71 bits per heavy atom. The van der Waals surface area contributed by atoms with Gasteiger partial charge in [-0.2, -0.15) is 4.99 Å². The summed E-state index contributed by atoms with van der Waals surface area (Å²) in [7, 11) is 1.47. The fraction of sp³-hybridized carbons (Fsp3) is 0.222. The molecule has 0 aliphatic rings. The fourth-order valence-corrected chi connectivity index (χ4v) is 1.07. The van der Waals surface area contributed by atoms with E-state index in [9.17, 15) is 4.79 Å². The molecule has 0 aliphatic heterocycles. The molecule has 0 N–H and O–H groups in total. The molecule has 0 aromatic carbocycles. The topological polar surface area (TPSA) is 51.6 Å². The molecule has 14 heavy (non-hydrogen) atoms. The van der Waals surface area contributed by atoms with Crippen LogP contribution in [0.25, 0.3) is 0 Å². The highest BCUT2D eigenvalue weighted by Gasteiger charge is 2.09. The van der Waals surface area contributed by atoms with E-state index in [0.29, 0.717) is 11.4 Å². The maximum atomic E-state index is 11.1. The van der Waals surface area contributed by atoms with E-state index in [2.05, 4.69) is 27.4 Å². The highest BCUT2D eigenvalue weighted by molar-refractivity contribution is 7.78. The van der Waals surface area contributed by atoms with Gasteiger partial charge in [0, 0.05) is 13.0 Å². The van der Waals surface area contributed by atoms with Gasteiger partial charge in [0.05, 0.1) is 24.2 Å². The summed E-state index contributed by atoms with van der Waals surface area (Å²) in [6.07, 6.45) is 1.44. The van der Waals surface area contributed by atoms with Crippen molar-refractivity contribution in [2.75, 3.05) is 7.11 Å². The minimum Gasteiger partial charge on any atom is -0.494 e. The van der Waals surface area contributed by atoms with E-state index >= 15 is 0 Å². The van der Waals surface area contributed by atoms with Crippen LogP contribution in [0.1, 0.15) is 17.4 Å². The number of aromatic nitrogens is 1. The number of carbonyl (C=O) groups is 1. The van der Waals surface area contributed by atoms with E-state index in [1.54, 1.807) is 6.07 Å². The van der Waals surface area contributed by atoms with Crippen LogP contribution >= 0.6 is 12.2 Å². The van der Waals surface area contributed by atoms with Crippen molar-refractivity contribution in [3.63, 3.8) is 0 Å². The molecule has 0 radical (unpaired) electrons. The lowest BCUT2D eigenvalue weighted by Gasteiger charge is -2.04. The second kappa shape index (κ2) is 4.60. The quantitative estimate of drug-likeness (QED) is 0.433. The van der Waals surface area contributed by atoms with Gasteiger partial charge >= 0.3 is 0 Å². The molecule has 0 aliphatic carbocycles. The van der Waals surface area contributed by atoms with E-state index in [1.807, 2.05) is 0 Å². The Hall–Kier alpha value is -1.58. The molecule has 4 nitrogen and oxygen atoms in total. The molecule has 0 fully saturated rings. The fourth-order valence-electron chi connectivity index (χ4n) is 0.968. The third-order valence-electron chi connectivity index (χ3n) is 1.57. The van der Waals surface area contributed by atoms with Crippen LogP contribution in [0.4, 0.5) is 5.69 Å². The highest BCUT2D eigenvalue weighted by Crippen LogP contribution is 2.22. The van der Waals surface area contributed by atoms with Crippen molar-refractivity contribution in [3.8, 4) is 5.75 Å². The average molecular weight is 208 g/mol. The monoisotopic (exact) mass is 208 g/mol. The number of thiocarbonyl (C=S) groups is 1. The van der Waals surface area contributed by atoms with Gasteiger partial charge in [0.25, 0.3) is 0 Å². The molecular formula is C9H8N2O2S. The number of ketones is 1. The van der Waals surface area contributed by atoms with Crippen molar-refractivity contribution in [3.05, 3.63) is 18.0 Å². The Morgan fingerprint density at radius 3 is 2.93 bits per heavy atom. The van der Waals surface area contributed by atoms with Crippen LogP contribution < -0.4 is 4.74 Å².